The van der Waals surface area contributed by atoms with Crippen molar-refractivity contribution in [2.75, 3.05) is 5.32 Å². The molecule has 2 aromatic heterocycles. The number of nitrogens with one attached hydrogen (secondary N) is 2. The zero-order valence-electron chi connectivity index (χ0n) is 16.2. The molecule has 0 radical (unpaired) electrons. The highest BCUT2D eigenvalue weighted by Crippen LogP contribution is 2.27. The van der Waals surface area contributed by atoms with E-state index in [1.54, 1.807) is 30.5 Å². The zero-order valence-corrected chi connectivity index (χ0v) is 17.0. The van der Waals surface area contributed by atoms with Crippen molar-refractivity contribution in [1.82, 2.24) is 15.3 Å². The molecule has 0 unspecified atom stereocenters. The van der Waals surface area contributed by atoms with E-state index < -0.39 is 10.8 Å². The first-order chi connectivity index (χ1) is 14.9. The van der Waals surface area contributed by atoms with Gasteiger partial charge in [-0.2, -0.15) is 4.98 Å². The molecule has 2 aromatic carbocycles. The Balaban J connectivity index is 1.54. The molecule has 31 heavy (non-hydrogen) atoms. The summed E-state index contributed by atoms with van der Waals surface area (Å²) in [6.45, 7) is 1.87. The smallest absolute Gasteiger partial charge is 0.282 e. The highest BCUT2D eigenvalue weighted by Gasteiger charge is 2.20. The number of fused-ring (bicyclic) bond motifs is 1. The SMILES string of the molecule is Cc1ccc(-c2nc3ncccc3o2)cc1NC(=S)NC(=O)c1ccccc1[N+](=O)[O-]. The number of nitro groups is 1. The average Bonchev–Trinajstić information content (AvgIpc) is 3.19. The lowest BCUT2D eigenvalue weighted by Crippen LogP contribution is -2.34. The standard InChI is InChI=1S/C21H15N5O4S/c1-12-8-9-13(20-24-18-17(30-20)7-4-10-22-18)11-15(12)23-21(31)25-19(27)14-5-2-3-6-16(14)26(28)29/h2-11H,1H3,(H2,23,25,27,31). The first-order valence-electron chi connectivity index (χ1n) is 9.10. The van der Waals surface area contributed by atoms with Crippen LogP contribution in [0.5, 0.6) is 0 Å². The van der Waals surface area contributed by atoms with E-state index in [2.05, 4.69) is 20.6 Å². The predicted octanol–water partition coefficient (Wildman–Crippen LogP) is 4.23. The van der Waals surface area contributed by atoms with Gasteiger partial charge in [0.2, 0.25) is 5.89 Å². The lowest BCUT2D eigenvalue weighted by molar-refractivity contribution is -0.385. The number of amides is 1. The van der Waals surface area contributed by atoms with E-state index >= 15 is 0 Å². The minimum atomic E-state index is -0.677. The molecule has 0 aliphatic rings. The quantitative estimate of drug-likeness (QED) is 0.278. The van der Waals surface area contributed by atoms with Crippen molar-refractivity contribution in [1.29, 1.82) is 0 Å². The maximum Gasteiger partial charge on any atom is 0.282 e. The fourth-order valence-corrected chi connectivity index (χ4v) is 3.13. The van der Waals surface area contributed by atoms with Gasteiger partial charge in [-0.1, -0.05) is 18.2 Å². The summed E-state index contributed by atoms with van der Waals surface area (Å²) < 4.78 is 5.74. The van der Waals surface area contributed by atoms with E-state index in [4.69, 9.17) is 16.6 Å². The van der Waals surface area contributed by atoms with E-state index in [0.717, 1.165) is 5.56 Å². The van der Waals surface area contributed by atoms with E-state index in [-0.39, 0.29) is 16.4 Å². The van der Waals surface area contributed by atoms with Crippen molar-refractivity contribution in [3.63, 3.8) is 0 Å². The van der Waals surface area contributed by atoms with Crippen molar-refractivity contribution in [3.8, 4) is 11.5 Å². The second kappa shape index (κ2) is 8.28. The summed E-state index contributed by atoms with van der Waals surface area (Å²) >= 11 is 5.23. The molecule has 154 valence electrons. The number of thiocarbonyl (C=S) groups is 1. The van der Waals surface area contributed by atoms with Gasteiger partial charge < -0.3 is 9.73 Å². The number of pyridine rings is 1. The number of para-hydroxylation sites is 1. The normalized spacial score (nSPS) is 10.6. The van der Waals surface area contributed by atoms with Crippen LogP contribution in [-0.4, -0.2) is 25.9 Å². The minimum absolute atomic E-state index is 0.00244. The highest BCUT2D eigenvalue weighted by molar-refractivity contribution is 7.80. The molecule has 1 amide bonds. The van der Waals surface area contributed by atoms with Gasteiger partial charge in [0.1, 0.15) is 5.56 Å². The molecular formula is C21H15N5O4S. The van der Waals surface area contributed by atoms with Gasteiger partial charge in [0.25, 0.3) is 11.6 Å². The molecule has 4 aromatic rings. The van der Waals surface area contributed by atoms with Gasteiger partial charge in [-0.05, 0) is 55.0 Å². The van der Waals surface area contributed by atoms with Crippen LogP contribution in [0.3, 0.4) is 0 Å². The predicted molar refractivity (Wildman–Crippen MR) is 119 cm³/mol. The maximum absolute atomic E-state index is 12.5. The number of nitrogens with zero attached hydrogens (tertiary/aromatic N) is 3. The minimum Gasteiger partial charge on any atom is -0.434 e. The molecule has 2 N–H and O–H groups in total. The summed E-state index contributed by atoms with van der Waals surface area (Å²) in [5.41, 5.74) is 2.87. The summed E-state index contributed by atoms with van der Waals surface area (Å²) in [6, 6.07) is 14.7. The van der Waals surface area contributed by atoms with Gasteiger partial charge in [-0.3, -0.25) is 20.2 Å². The number of rotatable bonds is 4. The van der Waals surface area contributed by atoms with Gasteiger partial charge in [0.15, 0.2) is 16.3 Å². The number of carbonyl (C=O) groups excluding carboxylic acids is 1. The summed E-state index contributed by atoms with van der Waals surface area (Å²) in [4.78, 5) is 31.5. The summed E-state index contributed by atoms with van der Waals surface area (Å²) in [5, 5.41) is 16.6. The lowest BCUT2D eigenvalue weighted by Gasteiger charge is -2.12. The van der Waals surface area contributed by atoms with Gasteiger partial charge in [0, 0.05) is 23.5 Å². The van der Waals surface area contributed by atoms with Gasteiger partial charge in [-0.15, -0.1) is 0 Å². The van der Waals surface area contributed by atoms with Gasteiger partial charge >= 0.3 is 0 Å². The Hall–Kier alpha value is -4.18. The van der Waals surface area contributed by atoms with Crippen LogP contribution in [0.2, 0.25) is 0 Å². The number of hydrogen-bond donors (Lipinski definition) is 2. The van der Waals surface area contributed by atoms with Gasteiger partial charge in [0.05, 0.1) is 4.92 Å². The number of benzene rings is 2. The molecule has 0 bridgehead atoms. The molecule has 0 aliphatic carbocycles. The average molecular weight is 433 g/mol. The first kappa shape index (κ1) is 20.1. The third-order valence-electron chi connectivity index (χ3n) is 4.47. The second-order valence-corrected chi connectivity index (χ2v) is 6.96. The number of oxazole rings is 1. The largest absolute Gasteiger partial charge is 0.434 e. The van der Waals surface area contributed by atoms with E-state index in [9.17, 15) is 14.9 Å². The number of anilines is 1. The summed E-state index contributed by atoms with van der Waals surface area (Å²) in [7, 11) is 0. The molecule has 0 fully saturated rings. The monoisotopic (exact) mass is 433 g/mol. The maximum atomic E-state index is 12.5. The summed E-state index contributed by atoms with van der Waals surface area (Å²) in [5.74, 6) is -0.282. The Kier molecular flexibility index (Phi) is 5.37. The molecule has 10 heteroatoms. The third-order valence-corrected chi connectivity index (χ3v) is 4.67. The summed E-state index contributed by atoms with van der Waals surface area (Å²) in [6.07, 6.45) is 1.63. The Bertz CT molecular complexity index is 1300. The number of nitro benzene ring substituents is 1. The van der Waals surface area contributed by atoms with Crippen LogP contribution in [0, 0.1) is 17.0 Å². The number of hydrogen-bond acceptors (Lipinski definition) is 7. The molecule has 0 aliphatic heterocycles. The van der Waals surface area contributed by atoms with Crippen LogP contribution >= 0.6 is 12.2 Å². The number of aromatic nitrogens is 2. The first-order valence-corrected chi connectivity index (χ1v) is 9.51. The number of carbonyl (C=O) groups is 1. The molecule has 0 saturated carbocycles. The molecule has 4 rings (SSSR count). The zero-order chi connectivity index (χ0) is 22.0. The fourth-order valence-electron chi connectivity index (χ4n) is 2.93. The van der Waals surface area contributed by atoms with Crippen molar-refractivity contribution >= 4 is 45.8 Å². The van der Waals surface area contributed by atoms with Crippen LogP contribution in [0.15, 0.2) is 65.2 Å². The molecule has 2 heterocycles. The number of aryl methyl sites for hydroxylation is 1. The van der Waals surface area contributed by atoms with Crippen LogP contribution in [-0.2, 0) is 0 Å². The molecular weight excluding hydrogens is 418 g/mol. The fraction of sp³-hybridized carbons (Fsp3) is 0.0476. The van der Waals surface area contributed by atoms with Crippen LogP contribution in [0.1, 0.15) is 15.9 Å². The Morgan fingerprint density at radius 2 is 1.97 bits per heavy atom. The van der Waals surface area contributed by atoms with Crippen LogP contribution in [0.25, 0.3) is 22.7 Å². The van der Waals surface area contributed by atoms with Crippen molar-refractivity contribution in [2.24, 2.45) is 0 Å². The topological polar surface area (TPSA) is 123 Å². The molecule has 0 spiro atoms. The Labute approximate surface area is 181 Å². The molecule has 0 saturated heterocycles. The van der Waals surface area contributed by atoms with Crippen molar-refractivity contribution < 1.29 is 14.1 Å². The van der Waals surface area contributed by atoms with Crippen molar-refractivity contribution in [2.45, 2.75) is 6.92 Å². The highest BCUT2D eigenvalue weighted by atomic mass is 32.1. The Morgan fingerprint density at radius 3 is 2.74 bits per heavy atom. The molecule has 9 nitrogen and oxygen atoms in total. The lowest BCUT2D eigenvalue weighted by atomic mass is 10.1. The third kappa shape index (κ3) is 4.23. The Morgan fingerprint density at radius 1 is 1.16 bits per heavy atom. The van der Waals surface area contributed by atoms with E-state index in [0.29, 0.717) is 28.4 Å². The van der Waals surface area contributed by atoms with E-state index in [1.807, 2.05) is 19.1 Å². The van der Waals surface area contributed by atoms with E-state index in [1.165, 1.54) is 18.2 Å². The second-order valence-electron chi connectivity index (χ2n) is 6.56. The van der Waals surface area contributed by atoms with Crippen molar-refractivity contribution in [3.05, 3.63) is 82.0 Å². The van der Waals surface area contributed by atoms with Crippen LogP contribution in [0.4, 0.5) is 11.4 Å². The van der Waals surface area contributed by atoms with Crippen LogP contribution < -0.4 is 10.6 Å². The van der Waals surface area contributed by atoms with Gasteiger partial charge in [-0.25, -0.2) is 4.98 Å². The molecule has 0 atom stereocenters.